The van der Waals surface area contributed by atoms with E-state index < -0.39 is 59.5 Å². The lowest BCUT2D eigenvalue weighted by molar-refractivity contribution is -0.160. The van der Waals surface area contributed by atoms with E-state index in [0.29, 0.717) is 35.5 Å². The van der Waals surface area contributed by atoms with Crippen molar-refractivity contribution in [3.63, 3.8) is 0 Å². The molecule has 2 aromatic rings. The van der Waals surface area contributed by atoms with Crippen LogP contribution in [0.3, 0.4) is 0 Å². The van der Waals surface area contributed by atoms with Crippen molar-refractivity contribution in [1.82, 2.24) is 4.90 Å². The molecule has 3 aliphatic rings. The number of halogens is 1. The second kappa shape index (κ2) is 12.9. The Bertz CT molecular complexity index is 1410. The van der Waals surface area contributed by atoms with Gasteiger partial charge in [-0.1, -0.05) is 66.2 Å². The average Bonchev–Trinajstić information content (AvgIpc) is 3.58. The average molecular weight is 621 g/mol. The monoisotopic (exact) mass is 620 g/mol. The van der Waals surface area contributed by atoms with Crippen LogP contribution in [0.2, 0.25) is 5.02 Å². The molecule has 1 spiro atoms. The summed E-state index contributed by atoms with van der Waals surface area (Å²) in [6.45, 7) is 11.2. The zero-order valence-electron chi connectivity index (χ0n) is 25.4. The third-order valence-corrected chi connectivity index (χ3v) is 9.78. The molecule has 3 heterocycles. The van der Waals surface area contributed by atoms with E-state index >= 15 is 0 Å². The first-order chi connectivity index (χ1) is 21.1. The molecule has 6 atom stereocenters. The van der Waals surface area contributed by atoms with Crippen LogP contribution < -0.4 is 4.90 Å². The van der Waals surface area contributed by atoms with Gasteiger partial charge in [0.15, 0.2) is 0 Å². The van der Waals surface area contributed by atoms with Crippen LogP contribution in [0, 0.1) is 18.8 Å². The number of rotatable bonds is 13. The minimum atomic E-state index is -1.30. The zero-order chi connectivity index (χ0) is 31.6. The maximum atomic E-state index is 15.0. The quantitative estimate of drug-likeness (QED) is 0.179. The molecule has 2 aromatic carbocycles. The van der Waals surface area contributed by atoms with E-state index in [9.17, 15) is 19.5 Å². The van der Waals surface area contributed by atoms with E-state index in [1.54, 1.807) is 12.1 Å². The number of anilines is 1. The van der Waals surface area contributed by atoms with Gasteiger partial charge in [-0.05, 0) is 63.1 Å². The summed E-state index contributed by atoms with van der Waals surface area (Å²) < 4.78 is 12.5. The molecule has 9 heteroatoms. The van der Waals surface area contributed by atoms with E-state index in [4.69, 9.17) is 21.1 Å². The Morgan fingerprint density at radius 1 is 1.16 bits per heavy atom. The molecule has 3 saturated heterocycles. The molecule has 0 aromatic heterocycles. The van der Waals surface area contributed by atoms with Gasteiger partial charge in [0.2, 0.25) is 5.91 Å². The third kappa shape index (κ3) is 5.27. The number of ether oxygens (including phenoxy) is 2. The maximum absolute atomic E-state index is 15.0. The first-order valence-corrected chi connectivity index (χ1v) is 15.7. The fourth-order valence-electron chi connectivity index (χ4n) is 7.55. The number of carbonyl (C=O) groups excluding carboxylic acids is 3. The van der Waals surface area contributed by atoms with Gasteiger partial charge < -0.3 is 24.4 Å². The molecule has 0 aliphatic carbocycles. The molecule has 234 valence electrons. The van der Waals surface area contributed by atoms with Crippen LogP contribution >= 0.6 is 11.6 Å². The highest BCUT2D eigenvalue weighted by atomic mass is 35.5. The van der Waals surface area contributed by atoms with E-state index in [0.717, 1.165) is 18.4 Å². The van der Waals surface area contributed by atoms with Crippen molar-refractivity contribution in [2.75, 3.05) is 24.7 Å². The van der Waals surface area contributed by atoms with Crippen LogP contribution in [0.4, 0.5) is 5.69 Å². The Hall–Kier alpha value is -3.46. The minimum Gasteiger partial charge on any atom is -0.465 e. The predicted octanol–water partition coefficient (Wildman–Crippen LogP) is 5.57. The van der Waals surface area contributed by atoms with E-state index in [-0.39, 0.29) is 13.2 Å². The highest BCUT2D eigenvalue weighted by Crippen LogP contribution is 2.64. The number of aliphatic hydroxyl groups excluding tert-OH is 1. The number of para-hydroxylation sites is 1. The fraction of sp³-hybridized carbons (Fsp3) is 0.457. The van der Waals surface area contributed by atoms with Crippen molar-refractivity contribution in [3.8, 4) is 0 Å². The van der Waals surface area contributed by atoms with E-state index in [1.165, 1.54) is 9.80 Å². The Labute approximate surface area is 264 Å². The lowest BCUT2D eigenvalue weighted by Gasteiger charge is -2.40. The van der Waals surface area contributed by atoms with Crippen LogP contribution in [0.25, 0.3) is 0 Å². The number of esters is 1. The largest absolute Gasteiger partial charge is 0.465 e. The van der Waals surface area contributed by atoms with Gasteiger partial charge in [-0.3, -0.25) is 14.4 Å². The lowest BCUT2D eigenvalue weighted by atomic mass is 9.66. The number of unbranched alkanes of at least 4 members (excludes halogenated alkanes) is 2. The van der Waals surface area contributed by atoms with Gasteiger partial charge in [0, 0.05) is 6.54 Å². The Balaban J connectivity index is 1.61. The summed E-state index contributed by atoms with van der Waals surface area (Å²) in [7, 11) is 0. The summed E-state index contributed by atoms with van der Waals surface area (Å²) in [4.78, 5) is 46.4. The van der Waals surface area contributed by atoms with Gasteiger partial charge in [-0.15, -0.1) is 13.2 Å². The van der Waals surface area contributed by atoms with Gasteiger partial charge >= 0.3 is 5.97 Å². The number of aliphatic hydroxyl groups is 1. The number of nitrogens with zero attached hydrogens (tertiary/aromatic N) is 2. The molecule has 3 aliphatic heterocycles. The number of amides is 2. The first-order valence-electron chi connectivity index (χ1n) is 15.3. The molecule has 1 N–H and O–H groups in total. The molecule has 2 unspecified atom stereocenters. The summed E-state index contributed by atoms with van der Waals surface area (Å²) in [5.41, 5.74) is -0.314. The number of likely N-dealkylation sites (tertiary alicyclic amines) is 1. The molecule has 0 saturated carbocycles. The highest BCUT2D eigenvalue weighted by molar-refractivity contribution is 6.34. The Morgan fingerprint density at radius 3 is 2.57 bits per heavy atom. The van der Waals surface area contributed by atoms with Crippen LogP contribution in [-0.2, 0) is 23.9 Å². The molecular formula is C35H41ClN2O6. The second-order valence-corrected chi connectivity index (χ2v) is 12.6. The number of hydrogen-bond acceptors (Lipinski definition) is 6. The van der Waals surface area contributed by atoms with Crippen molar-refractivity contribution >= 4 is 35.1 Å². The van der Waals surface area contributed by atoms with Gasteiger partial charge in [-0.2, -0.15) is 0 Å². The molecule has 5 rings (SSSR count). The fourth-order valence-corrected chi connectivity index (χ4v) is 7.88. The van der Waals surface area contributed by atoms with Crippen LogP contribution in [0.1, 0.15) is 56.2 Å². The summed E-state index contributed by atoms with van der Waals surface area (Å²) in [6, 6.07) is 12.5. The van der Waals surface area contributed by atoms with Gasteiger partial charge in [0.1, 0.15) is 17.6 Å². The van der Waals surface area contributed by atoms with Crippen LogP contribution in [-0.4, -0.2) is 64.8 Å². The van der Waals surface area contributed by atoms with Gasteiger partial charge in [0.05, 0.1) is 41.5 Å². The molecule has 2 amide bonds. The SMILES string of the molecule is C=CCCCCOC(=O)[C@H]1[C@H]2C(=O)N([C@H](CO)c3ccccc3)C(C(=O)N(CC=C)c3c(C)cccc3Cl)C23CC[C@]1(C)O3. The molecule has 44 heavy (non-hydrogen) atoms. The van der Waals surface area contributed by atoms with Crippen molar-refractivity contribution in [3.05, 3.63) is 90.0 Å². The van der Waals surface area contributed by atoms with E-state index in [2.05, 4.69) is 13.2 Å². The molecular weight excluding hydrogens is 580 g/mol. The predicted molar refractivity (Wildman–Crippen MR) is 169 cm³/mol. The normalized spacial score (nSPS) is 27.6. The third-order valence-electron chi connectivity index (χ3n) is 9.48. The summed E-state index contributed by atoms with van der Waals surface area (Å²) in [5.74, 6) is -3.16. The topological polar surface area (TPSA) is 96.4 Å². The second-order valence-electron chi connectivity index (χ2n) is 12.2. The van der Waals surface area contributed by atoms with Gasteiger partial charge in [0.25, 0.3) is 5.91 Å². The number of hydrogen-bond donors (Lipinski definition) is 1. The van der Waals surface area contributed by atoms with Crippen LogP contribution in [0.5, 0.6) is 0 Å². The number of aryl methyl sites for hydroxylation is 1. The Morgan fingerprint density at radius 2 is 1.91 bits per heavy atom. The first kappa shape index (κ1) is 31.9. The molecule has 3 fully saturated rings. The summed E-state index contributed by atoms with van der Waals surface area (Å²) >= 11 is 6.67. The summed E-state index contributed by atoms with van der Waals surface area (Å²) in [6.07, 6.45) is 6.63. The summed E-state index contributed by atoms with van der Waals surface area (Å²) in [5, 5.41) is 11.1. The van der Waals surface area contributed by atoms with Crippen molar-refractivity contribution in [2.45, 2.75) is 69.2 Å². The molecule has 2 bridgehead atoms. The van der Waals surface area contributed by atoms with Crippen molar-refractivity contribution in [2.24, 2.45) is 11.8 Å². The molecule has 8 nitrogen and oxygen atoms in total. The number of fused-ring (bicyclic) bond motifs is 1. The van der Waals surface area contributed by atoms with Crippen LogP contribution in [0.15, 0.2) is 73.8 Å². The maximum Gasteiger partial charge on any atom is 0.312 e. The lowest BCUT2D eigenvalue weighted by Crippen LogP contribution is -2.57. The number of carbonyl (C=O) groups is 3. The van der Waals surface area contributed by atoms with Crippen molar-refractivity contribution < 1.29 is 29.0 Å². The standard InChI is InChI=1S/C35H41ClN2O6/c1-5-7-8-12-21-43-33(42)28-27-31(40)38(26(22-39)24-15-10-9-11-16-24)30(35(27)19-18-34(28,4)44-35)32(41)37(20-6-2)29-23(3)14-13-17-25(29)36/h5-6,9-11,13-17,26-28,30,39H,1-2,7-8,12,18-22H2,3-4H3/t26-,27+,28-,30?,34+,35?/m1/s1. The minimum absolute atomic E-state index is 0.130. The zero-order valence-corrected chi connectivity index (χ0v) is 26.2. The molecule has 0 radical (unpaired) electrons. The van der Waals surface area contributed by atoms with Crippen molar-refractivity contribution in [1.29, 1.82) is 0 Å². The highest BCUT2D eigenvalue weighted by Gasteiger charge is 2.79. The number of benzene rings is 2. The van der Waals surface area contributed by atoms with E-state index in [1.807, 2.05) is 62.4 Å². The number of allylic oxidation sites excluding steroid dienone is 1. The Kier molecular flexibility index (Phi) is 9.35. The van der Waals surface area contributed by atoms with Gasteiger partial charge in [-0.25, -0.2) is 0 Å². The smallest absolute Gasteiger partial charge is 0.312 e.